The predicted octanol–water partition coefficient (Wildman–Crippen LogP) is 2.10. The van der Waals surface area contributed by atoms with E-state index in [0.29, 0.717) is 5.75 Å². The molecule has 0 aliphatic carbocycles. The van der Waals surface area contributed by atoms with Crippen molar-refractivity contribution < 1.29 is 15.0 Å². The number of carboxylic acids is 1. The summed E-state index contributed by atoms with van der Waals surface area (Å²) in [6.07, 6.45) is 0. The van der Waals surface area contributed by atoms with E-state index in [1.54, 1.807) is 25.1 Å². The number of hydrogen-bond donors (Lipinski definition) is 2. The molecule has 0 aliphatic heterocycles. The molecule has 4 heteroatoms. The third kappa shape index (κ3) is 3.30. The lowest BCUT2D eigenvalue weighted by atomic mass is 10.2. The second-order valence-electron chi connectivity index (χ2n) is 2.96. The van der Waals surface area contributed by atoms with Gasteiger partial charge in [0.15, 0.2) is 0 Å². The van der Waals surface area contributed by atoms with Crippen LogP contribution >= 0.6 is 11.8 Å². The fourth-order valence-corrected chi connectivity index (χ4v) is 1.70. The van der Waals surface area contributed by atoms with E-state index in [9.17, 15) is 4.79 Å². The van der Waals surface area contributed by atoms with Gasteiger partial charge in [-0.25, -0.2) is 0 Å². The molecular formula is C10H12O3S. The average Bonchev–Trinajstić information content (AvgIpc) is 2.14. The summed E-state index contributed by atoms with van der Waals surface area (Å²) in [6, 6.07) is 6.84. The lowest BCUT2D eigenvalue weighted by Crippen LogP contribution is -2.11. The average molecular weight is 212 g/mol. The number of carboxylic acid groups (broad SMARTS) is 1. The van der Waals surface area contributed by atoms with Gasteiger partial charge in [-0.2, -0.15) is 0 Å². The Morgan fingerprint density at radius 2 is 2.29 bits per heavy atom. The van der Waals surface area contributed by atoms with Crippen LogP contribution in [0, 0.1) is 0 Å². The molecule has 0 heterocycles. The molecule has 0 saturated heterocycles. The van der Waals surface area contributed by atoms with Crippen molar-refractivity contribution in [1.82, 2.24) is 0 Å². The molecule has 0 saturated carbocycles. The standard InChI is InChI=1S/C10H12O3S/c1-7(10(12)13)14-6-8-3-2-4-9(11)5-8/h2-5,7,11H,6H2,1H3,(H,12,13). The van der Waals surface area contributed by atoms with Crippen LogP contribution in [-0.4, -0.2) is 21.4 Å². The normalized spacial score (nSPS) is 12.4. The van der Waals surface area contributed by atoms with Crippen LogP contribution < -0.4 is 0 Å². The number of phenolic OH excluding ortho intramolecular Hbond substituents is 1. The highest BCUT2D eigenvalue weighted by atomic mass is 32.2. The number of carbonyl (C=O) groups is 1. The van der Waals surface area contributed by atoms with Crippen LogP contribution in [0.4, 0.5) is 0 Å². The molecule has 0 amide bonds. The van der Waals surface area contributed by atoms with E-state index in [2.05, 4.69) is 0 Å². The van der Waals surface area contributed by atoms with Crippen molar-refractivity contribution >= 4 is 17.7 Å². The third-order valence-electron chi connectivity index (χ3n) is 1.76. The maximum Gasteiger partial charge on any atom is 0.316 e. The third-order valence-corrected chi connectivity index (χ3v) is 2.96. The van der Waals surface area contributed by atoms with Crippen molar-refractivity contribution in [2.75, 3.05) is 0 Å². The zero-order valence-electron chi connectivity index (χ0n) is 7.80. The topological polar surface area (TPSA) is 57.5 Å². The number of hydrogen-bond acceptors (Lipinski definition) is 3. The highest BCUT2D eigenvalue weighted by Gasteiger charge is 2.10. The highest BCUT2D eigenvalue weighted by Crippen LogP contribution is 2.20. The largest absolute Gasteiger partial charge is 0.508 e. The van der Waals surface area contributed by atoms with Crippen molar-refractivity contribution in [3.8, 4) is 5.75 Å². The van der Waals surface area contributed by atoms with Crippen LogP contribution in [0.3, 0.4) is 0 Å². The summed E-state index contributed by atoms with van der Waals surface area (Å²) in [5, 5.41) is 17.4. The first kappa shape index (κ1) is 10.9. The second-order valence-corrected chi connectivity index (χ2v) is 4.29. The molecule has 1 aromatic rings. The van der Waals surface area contributed by atoms with Crippen LogP contribution in [0.5, 0.6) is 5.75 Å². The summed E-state index contributed by atoms with van der Waals surface area (Å²) >= 11 is 1.34. The molecule has 1 atom stereocenters. The molecule has 1 aromatic carbocycles. The van der Waals surface area contributed by atoms with E-state index in [0.717, 1.165) is 5.56 Å². The fourth-order valence-electron chi connectivity index (χ4n) is 0.939. The van der Waals surface area contributed by atoms with E-state index in [4.69, 9.17) is 10.2 Å². The molecule has 0 bridgehead atoms. The molecule has 2 N–H and O–H groups in total. The summed E-state index contributed by atoms with van der Waals surface area (Å²) < 4.78 is 0. The van der Waals surface area contributed by atoms with Crippen LogP contribution in [-0.2, 0) is 10.5 Å². The zero-order valence-corrected chi connectivity index (χ0v) is 8.62. The van der Waals surface area contributed by atoms with Gasteiger partial charge in [-0.05, 0) is 24.6 Å². The van der Waals surface area contributed by atoms with E-state index < -0.39 is 11.2 Å². The monoisotopic (exact) mass is 212 g/mol. The number of aromatic hydroxyl groups is 1. The quantitative estimate of drug-likeness (QED) is 0.802. The van der Waals surface area contributed by atoms with Crippen molar-refractivity contribution in [3.05, 3.63) is 29.8 Å². The van der Waals surface area contributed by atoms with E-state index in [1.807, 2.05) is 6.07 Å². The Morgan fingerprint density at radius 3 is 2.86 bits per heavy atom. The van der Waals surface area contributed by atoms with E-state index in [-0.39, 0.29) is 5.75 Å². The van der Waals surface area contributed by atoms with Crippen molar-refractivity contribution in [1.29, 1.82) is 0 Å². The van der Waals surface area contributed by atoms with Gasteiger partial charge in [-0.15, -0.1) is 11.8 Å². The number of phenols is 1. The smallest absolute Gasteiger partial charge is 0.316 e. The number of rotatable bonds is 4. The lowest BCUT2D eigenvalue weighted by molar-refractivity contribution is -0.136. The number of thioether (sulfide) groups is 1. The molecule has 0 fully saturated rings. The van der Waals surface area contributed by atoms with Gasteiger partial charge in [-0.1, -0.05) is 12.1 Å². The van der Waals surface area contributed by atoms with Gasteiger partial charge >= 0.3 is 5.97 Å². The minimum Gasteiger partial charge on any atom is -0.508 e. The van der Waals surface area contributed by atoms with Gasteiger partial charge in [0, 0.05) is 5.75 Å². The summed E-state index contributed by atoms with van der Waals surface area (Å²) in [5.41, 5.74) is 0.933. The first-order chi connectivity index (χ1) is 6.59. The summed E-state index contributed by atoms with van der Waals surface area (Å²) in [7, 11) is 0. The van der Waals surface area contributed by atoms with Gasteiger partial charge in [-0.3, -0.25) is 4.79 Å². The molecule has 76 valence electrons. The van der Waals surface area contributed by atoms with Gasteiger partial charge in [0.2, 0.25) is 0 Å². The molecule has 0 aliphatic rings. The maximum atomic E-state index is 10.5. The van der Waals surface area contributed by atoms with Crippen molar-refractivity contribution in [3.63, 3.8) is 0 Å². The van der Waals surface area contributed by atoms with Crippen molar-refractivity contribution in [2.24, 2.45) is 0 Å². The van der Waals surface area contributed by atoms with Crippen LogP contribution in [0.15, 0.2) is 24.3 Å². The van der Waals surface area contributed by atoms with Crippen LogP contribution in [0.1, 0.15) is 12.5 Å². The molecule has 1 rings (SSSR count). The van der Waals surface area contributed by atoms with Gasteiger partial charge in [0.25, 0.3) is 0 Å². The number of benzene rings is 1. The first-order valence-corrected chi connectivity index (χ1v) is 5.27. The molecule has 3 nitrogen and oxygen atoms in total. The summed E-state index contributed by atoms with van der Waals surface area (Å²) in [5.74, 6) is 0.00299. The minimum atomic E-state index is -0.810. The minimum absolute atomic E-state index is 0.214. The highest BCUT2D eigenvalue weighted by molar-refractivity contribution is 7.99. The van der Waals surface area contributed by atoms with Gasteiger partial charge < -0.3 is 10.2 Å². The molecular weight excluding hydrogens is 200 g/mol. The Morgan fingerprint density at radius 1 is 1.57 bits per heavy atom. The van der Waals surface area contributed by atoms with Crippen LogP contribution in [0.25, 0.3) is 0 Å². The number of aliphatic carboxylic acids is 1. The Labute approximate surface area is 86.8 Å². The Bertz CT molecular complexity index is 325. The molecule has 0 spiro atoms. The van der Waals surface area contributed by atoms with E-state index in [1.165, 1.54) is 11.8 Å². The maximum absolute atomic E-state index is 10.5. The van der Waals surface area contributed by atoms with E-state index >= 15 is 0 Å². The van der Waals surface area contributed by atoms with Gasteiger partial charge in [0.05, 0.1) is 5.25 Å². The fraction of sp³-hybridized carbons (Fsp3) is 0.300. The molecule has 14 heavy (non-hydrogen) atoms. The summed E-state index contributed by atoms with van der Waals surface area (Å²) in [4.78, 5) is 10.5. The first-order valence-electron chi connectivity index (χ1n) is 4.22. The van der Waals surface area contributed by atoms with Gasteiger partial charge in [0.1, 0.15) is 5.75 Å². The van der Waals surface area contributed by atoms with Crippen LogP contribution in [0.2, 0.25) is 0 Å². The lowest BCUT2D eigenvalue weighted by Gasteiger charge is -2.05. The Balaban J connectivity index is 2.49. The molecule has 0 radical (unpaired) electrons. The molecule has 1 unspecified atom stereocenters. The van der Waals surface area contributed by atoms with Crippen molar-refractivity contribution in [2.45, 2.75) is 17.9 Å². The zero-order chi connectivity index (χ0) is 10.6. The Hall–Kier alpha value is -1.16. The Kier molecular flexibility index (Phi) is 3.83. The SMILES string of the molecule is CC(SCc1cccc(O)c1)C(=O)O. The summed E-state index contributed by atoms with van der Waals surface area (Å²) in [6.45, 7) is 1.65. The second kappa shape index (κ2) is 4.91. The predicted molar refractivity (Wildman–Crippen MR) is 56.5 cm³/mol. The molecule has 0 aromatic heterocycles.